The lowest BCUT2D eigenvalue weighted by atomic mass is 9.79. The van der Waals surface area contributed by atoms with E-state index in [2.05, 4.69) is 18.2 Å². The second-order valence-corrected chi connectivity index (χ2v) is 5.35. The smallest absolute Gasteiger partial charge is 0.123 e. The zero-order valence-corrected chi connectivity index (χ0v) is 10.9. The maximum Gasteiger partial charge on any atom is 0.123 e. The van der Waals surface area contributed by atoms with E-state index in [1.54, 1.807) is 12.1 Å². The van der Waals surface area contributed by atoms with Crippen LogP contribution >= 0.6 is 0 Å². The van der Waals surface area contributed by atoms with Crippen molar-refractivity contribution in [2.24, 2.45) is 5.73 Å². The molecule has 1 aliphatic carbocycles. The predicted molar refractivity (Wildman–Crippen MR) is 75.4 cm³/mol. The Bertz CT molecular complexity index is 593. The van der Waals surface area contributed by atoms with Crippen molar-refractivity contribution in [3.8, 4) is 0 Å². The lowest BCUT2D eigenvalue weighted by Crippen LogP contribution is -2.38. The molecule has 1 aliphatic rings. The number of halogens is 1. The minimum atomic E-state index is -0.560. The van der Waals surface area contributed by atoms with E-state index in [1.807, 2.05) is 12.1 Å². The zero-order chi connectivity index (χ0) is 13.3. The second-order valence-electron chi connectivity index (χ2n) is 5.35. The zero-order valence-electron chi connectivity index (χ0n) is 10.9. The average molecular weight is 255 g/mol. The molecule has 2 aromatic carbocycles. The summed E-state index contributed by atoms with van der Waals surface area (Å²) in [4.78, 5) is 0. The summed E-state index contributed by atoms with van der Waals surface area (Å²) in [7, 11) is 0. The molecule has 0 bridgehead atoms. The Kier molecular flexibility index (Phi) is 3.11. The Balaban J connectivity index is 2.17. The molecule has 2 N–H and O–H groups in total. The molecule has 0 saturated carbocycles. The molecule has 0 spiro atoms. The second kappa shape index (κ2) is 4.78. The molecule has 0 aliphatic heterocycles. The fourth-order valence-electron chi connectivity index (χ4n) is 3.09. The summed E-state index contributed by atoms with van der Waals surface area (Å²) < 4.78 is 13.5. The number of nitrogens with two attached hydrogens (primary N) is 1. The molecule has 2 aromatic rings. The molecule has 0 fully saturated rings. The number of benzene rings is 2. The Labute approximate surface area is 113 Å². The molecule has 1 nitrogen and oxygen atoms in total. The highest BCUT2D eigenvalue weighted by Crippen LogP contribution is 2.37. The first-order valence-corrected chi connectivity index (χ1v) is 6.83. The van der Waals surface area contributed by atoms with Crippen LogP contribution in [0.1, 0.15) is 36.0 Å². The van der Waals surface area contributed by atoms with Gasteiger partial charge in [-0.1, -0.05) is 42.8 Å². The van der Waals surface area contributed by atoms with E-state index in [1.165, 1.54) is 11.6 Å². The number of hydrogen-bond acceptors (Lipinski definition) is 1. The van der Waals surface area contributed by atoms with E-state index in [9.17, 15) is 4.39 Å². The van der Waals surface area contributed by atoms with Gasteiger partial charge in [-0.05, 0) is 48.1 Å². The highest BCUT2D eigenvalue weighted by atomic mass is 19.1. The van der Waals surface area contributed by atoms with Crippen LogP contribution in [0.4, 0.5) is 4.39 Å². The van der Waals surface area contributed by atoms with Crippen LogP contribution in [0, 0.1) is 5.82 Å². The summed E-state index contributed by atoms with van der Waals surface area (Å²) in [6, 6.07) is 15.0. The molecule has 1 atom stereocenters. The van der Waals surface area contributed by atoms with Crippen molar-refractivity contribution in [1.82, 2.24) is 0 Å². The first kappa shape index (κ1) is 12.4. The molecule has 0 amide bonds. The van der Waals surface area contributed by atoms with Crippen LogP contribution < -0.4 is 5.73 Å². The minimum absolute atomic E-state index is 0.218. The fraction of sp³-hybridized carbons (Fsp3) is 0.294. The maximum absolute atomic E-state index is 13.5. The van der Waals surface area contributed by atoms with Crippen LogP contribution in [0.5, 0.6) is 0 Å². The van der Waals surface area contributed by atoms with Gasteiger partial charge >= 0.3 is 0 Å². The third kappa shape index (κ3) is 2.17. The van der Waals surface area contributed by atoms with Crippen LogP contribution in [0.2, 0.25) is 0 Å². The number of aryl methyl sites for hydroxylation is 1. The van der Waals surface area contributed by atoms with E-state index >= 15 is 0 Å². The number of hydrogen-bond donors (Lipinski definition) is 1. The third-order valence-corrected chi connectivity index (χ3v) is 4.10. The number of fused-ring (bicyclic) bond motifs is 1. The molecule has 0 radical (unpaired) electrons. The summed E-state index contributed by atoms with van der Waals surface area (Å²) in [5.74, 6) is -0.218. The molecular formula is C17H18FN. The molecule has 1 unspecified atom stereocenters. The Morgan fingerprint density at radius 2 is 1.84 bits per heavy atom. The van der Waals surface area contributed by atoms with Gasteiger partial charge in [0.25, 0.3) is 0 Å². The molecule has 98 valence electrons. The van der Waals surface area contributed by atoms with Crippen LogP contribution in [-0.2, 0) is 12.0 Å². The molecule has 2 heteroatoms. The molecule has 0 heterocycles. The van der Waals surface area contributed by atoms with Gasteiger partial charge in [-0.3, -0.25) is 0 Å². The van der Waals surface area contributed by atoms with Crippen molar-refractivity contribution >= 4 is 0 Å². The summed E-state index contributed by atoms with van der Waals surface area (Å²) >= 11 is 0. The first-order chi connectivity index (χ1) is 9.20. The summed E-state index contributed by atoms with van der Waals surface area (Å²) in [6.07, 6.45) is 4.14. The fourth-order valence-corrected chi connectivity index (χ4v) is 3.09. The average Bonchev–Trinajstić information content (AvgIpc) is 2.60. The molecule has 0 aromatic heterocycles. The van der Waals surface area contributed by atoms with Gasteiger partial charge < -0.3 is 5.73 Å². The largest absolute Gasteiger partial charge is 0.318 e. The SMILES string of the molecule is NC1(c2cccc(F)c2)CCCCc2ccccc21. The maximum atomic E-state index is 13.5. The van der Waals surface area contributed by atoms with Gasteiger partial charge in [-0.2, -0.15) is 0 Å². The highest BCUT2D eigenvalue weighted by molar-refractivity contribution is 5.43. The summed E-state index contributed by atoms with van der Waals surface area (Å²) in [6.45, 7) is 0. The lowest BCUT2D eigenvalue weighted by Gasteiger charge is -2.31. The van der Waals surface area contributed by atoms with E-state index in [4.69, 9.17) is 5.73 Å². The lowest BCUT2D eigenvalue weighted by molar-refractivity contribution is 0.476. The highest BCUT2D eigenvalue weighted by Gasteiger charge is 2.32. The van der Waals surface area contributed by atoms with Crippen molar-refractivity contribution in [2.45, 2.75) is 31.2 Å². The Morgan fingerprint density at radius 3 is 2.68 bits per heavy atom. The Hall–Kier alpha value is -1.67. The first-order valence-electron chi connectivity index (χ1n) is 6.83. The van der Waals surface area contributed by atoms with Crippen molar-refractivity contribution < 1.29 is 4.39 Å². The van der Waals surface area contributed by atoms with Gasteiger partial charge in [-0.25, -0.2) is 4.39 Å². The van der Waals surface area contributed by atoms with Crippen molar-refractivity contribution in [3.63, 3.8) is 0 Å². The van der Waals surface area contributed by atoms with Crippen LogP contribution in [0.25, 0.3) is 0 Å². The topological polar surface area (TPSA) is 26.0 Å². The quantitative estimate of drug-likeness (QED) is 0.771. The van der Waals surface area contributed by atoms with Crippen LogP contribution in [0.15, 0.2) is 48.5 Å². The van der Waals surface area contributed by atoms with Gasteiger partial charge in [0.15, 0.2) is 0 Å². The standard InChI is InChI=1S/C17H18FN/c18-15-9-5-8-14(12-15)17(19)11-4-3-7-13-6-1-2-10-16(13)17/h1-2,5-6,8-10,12H,3-4,7,11,19H2. The molecule has 0 saturated heterocycles. The van der Waals surface area contributed by atoms with Gasteiger partial charge in [0.1, 0.15) is 5.82 Å². The normalized spacial score (nSPS) is 22.6. The Morgan fingerprint density at radius 1 is 1.00 bits per heavy atom. The predicted octanol–water partition coefficient (Wildman–Crippen LogP) is 3.75. The molecule has 19 heavy (non-hydrogen) atoms. The van der Waals surface area contributed by atoms with E-state index in [0.717, 1.165) is 36.8 Å². The third-order valence-electron chi connectivity index (χ3n) is 4.10. The van der Waals surface area contributed by atoms with Crippen LogP contribution in [0.3, 0.4) is 0 Å². The van der Waals surface area contributed by atoms with E-state index in [-0.39, 0.29) is 5.82 Å². The van der Waals surface area contributed by atoms with Gasteiger partial charge in [0.2, 0.25) is 0 Å². The molecule has 3 rings (SSSR count). The van der Waals surface area contributed by atoms with Crippen molar-refractivity contribution in [3.05, 3.63) is 71.0 Å². The van der Waals surface area contributed by atoms with Gasteiger partial charge in [-0.15, -0.1) is 0 Å². The van der Waals surface area contributed by atoms with E-state index < -0.39 is 5.54 Å². The minimum Gasteiger partial charge on any atom is -0.318 e. The number of rotatable bonds is 1. The van der Waals surface area contributed by atoms with Gasteiger partial charge in [0.05, 0.1) is 5.54 Å². The van der Waals surface area contributed by atoms with E-state index in [0.29, 0.717) is 0 Å². The summed E-state index contributed by atoms with van der Waals surface area (Å²) in [5, 5.41) is 0. The monoisotopic (exact) mass is 255 g/mol. The van der Waals surface area contributed by atoms with Crippen LogP contribution in [-0.4, -0.2) is 0 Å². The van der Waals surface area contributed by atoms with Crippen molar-refractivity contribution in [1.29, 1.82) is 0 Å². The van der Waals surface area contributed by atoms with Gasteiger partial charge in [0, 0.05) is 0 Å². The summed E-state index contributed by atoms with van der Waals surface area (Å²) in [5.41, 5.74) is 9.46. The molecular weight excluding hydrogens is 237 g/mol. The van der Waals surface area contributed by atoms with Crippen molar-refractivity contribution in [2.75, 3.05) is 0 Å².